The Balaban J connectivity index is 2.63. The summed E-state index contributed by atoms with van der Waals surface area (Å²) >= 11 is 0. The van der Waals surface area contributed by atoms with Crippen molar-refractivity contribution in [3.05, 3.63) is 35.4 Å². The van der Waals surface area contributed by atoms with Crippen LogP contribution in [0.1, 0.15) is 56.0 Å². The molecule has 0 aliphatic heterocycles. The number of aryl methyl sites for hydroxylation is 1. The summed E-state index contributed by atoms with van der Waals surface area (Å²) in [6.45, 7) is 8.60. The lowest BCUT2D eigenvalue weighted by Crippen LogP contribution is -2.49. The molecule has 2 N–H and O–H groups in total. The van der Waals surface area contributed by atoms with E-state index in [0.717, 1.165) is 24.8 Å². The van der Waals surface area contributed by atoms with Crippen LogP contribution < -0.4 is 10.6 Å². The second-order valence-corrected chi connectivity index (χ2v) is 6.06. The SMILES string of the molecule is CCCCCNC(=O)C(NC(=O)c1cccc(C)c1)C(C)C. The molecule has 0 saturated carbocycles. The average molecular weight is 304 g/mol. The Morgan fingerprint density at radius 3 is 2.50 bits per heavy atom. The quantitative estimate of drug-likeness (QED) is 0.725. The first-order chi connectivity index (χ1) is 10.5. The van der Waals surface area contributed by atoms with E-state index in [1.165, 1.54) is 0 Å². The minimum atomic E-state index is -0.505. The van der Waals surface area contributed by atoms with Gasteiger partial charge in [-0.3, -0.25) is 9.59 Å². The fourth-order valence-corrected chi connectivity index (χ4v) is 2.24. The van der Waals surface area contributed by atoms with E-state index in [2.05, 4.69) is 17.6 Å². The second-order valence-electron chi connectivity index (χ2n) is 6.06. The Bertz CT molecular complexity index is 498. The molecule has 0 saturated heterocycles. The van der Waals surface area contributed by atoms with Crippen molar-refractivity contribution in [3.8, 4) is 0 Å². The van der Waals surface area contributed by atoms with Gasteiger partial charge in [0.25, 0.3) is 5.91 Å². The third-order valence-electron chi connectivity index (χ3n) is 3.60. The Morgan fingerprint density at radius 1 is 1.18 bits per heavy atom. The van der Waals surface area contributed by atoms with E-state index in [1.54, 1.807) is 6.07 Å². The zero-order chi connectivity index (χ0) is 16.5. The highest BCUT2D eigenvalue weighted by Gasteiger charge is 2.24. The molecule has 0 radical (unpaired) electrons. The van der Waals surface area contributed by atoms with Gasteiger partial charge in [-0.1, -0.05) is 51.3 Å². The van der Waals surface area contributed by atoms with Gasteiger partial charge >= 0.3 is 0 Å². The van der Waals surface area contributed by atoms with Crippen LogP contribution in [0.5, 0.6) is 0 Å². The highest BCUT2D eigenvalue weighted by molar-refractivity contribution is 5.97. The Labute approximate surface area is 133 Å². The average Bonchev–Trinajstić information content (AvgIpc) is 2.48. The highest BCUT2D eigenvalue weighted by Crippen LogP contribution is 2.07. The first-order valence-electron chi connectivity index (χ1n) is 8.11. The molecule has 0 aliphatic carbocycles. The van der Waals surface area contributed by atoms with E-state index in [-0.39, 0.29) is 17.7 Å². The normalized spacial score (nSPS) is 12.0. The fourth-order valence-electron chi connectivity index (χ4n) is 2.24. The number of hydrogen-bond donors (Lipinski definition) is 2. The molecule has 0 aromatic heterocycles. The van der Waals surface area contributed by atoms with Gasteiger partial charge in [-0.25, -0.2) is 0 Å². The van der Waals surface area contributed by atoms with Crippen LogP contribution in [0.2, 0.25) is 0 Å². The number of nitrogens with one attached hydrogen (secondary N) is 2. The zero-order valence-electron chi connectivity index (χ0n) is 14.1. The first-order valence-corrected chi connectivity index (χ1v) is 8.11. The van der Waals surface area contributed by atoms with Crippen molar-refractivity contribution in [2.24, 2.45) is 5.92 Å². The van der Waals surface area contributed by atoms with Gasteiger partial charge in [-0.15, -0.1) is 0 Å². The van der Waals surface area contributed by atoms with Crippen molar-refractivity contribution >= 4 is 11.8 Å². The maximum atomic E-state index is 12.3. The number of benzene rings is 1. The van der Waals surface area contributed by atoms with E-state index < -0.39 is 6.04 Å². The van der Waals surface area contributed by atoms with Gasteiger partial charge in [-0.2, -0.15) is 0 Å². The predicted octanol–water partition coefficient (Wildman–Crippen LogP) is 3.06. The van der Waals surface area contributed by atoms with Crippen molar-refractivity contribution in [1.29, 1.82) is 0 Å². The van der Waals surface area contributed by atoms with Gasteiger partial charge < -0.3 is 10.6 Å². The zero-order valence-corrected chi connectivity index (χ0v) is 14.1. The van der Waals surface area contributed by atoms with Crippen molar-refractivity contribution in [2.75, 3.05) is 6.54 Å². The number of carbonyl (C=O) groups is 2. The summed E-state index contributed by atoms with van der Waals surface area (Å²) < 4.78 is 0. The van der Waals surface area contributed by atoms with Gasteiger partial charge in [0.1, 0.15) is 6.04 Å². The molecule has 4 nitrogen and oxygen atoms in total. The Hall–Kier alpha value is -1.84. The van der Waals surface area contributed by atoms with Crippen LogP contribution in [0.25, 0.3) is 0 Å². The summed E-state index contributed by atoms with van der Waals surface area (Å²) in [7, 11) is 0. The second kappa shape index (κ2) is 9.23. The van der Waals surface area contributed by atoms with Gasteiger partial charge in [0.05, 0.1) is 0 Å². The molecule has 0 aliphatic rings. The van der Waals surface area contributed by atoms with Crippen molar-refractivity contribution in [3.63, 3.8) is 0 Å². The van der Waals surface area contributed by atoms with Crippen molar-refractivity contribution in [1.82, 2.24) is 10.6 Å². The van der Waals surface area contributed by atoms with E-state index in [4.69, 9.17) is 0 Å². The molecular formula is C18H28N2O2. The third kappa shape index (κ3) is 5.88. The summed E-state index contributed by atoms with van der Waals surface area (Å²) in [5.41, 5.74) is 1.61. The fraction of sp³-hybridized carbons (Fsp3) is 0.556. The predicted molar refractivity (Wildman–Crippen MR) is 89.8 cm³/mol. The number of amides is 2. The minimum Gasteiger partial charge on any atom is -0.354 e. The van der Waals surface area contributed by atoms with E-state index >= 15 is 0 Å². The third-order valence-corrected chi connectivity index (χ3v) is 3.60. The molecule has 2 amide bonds. The van der Waals surface area contributed by atoms with Crippen LogP contribution >= 0.6 is 0 Å². The Kier molecular flexibility index (Phi) is 7.64. The molecule has 122 valence electrons. The van der Waals surface area contributed by atoms with Crippen LogP contribution in [0, 0.1) is 12.8 Å². The number of carbonyl (C=O) groups excluding carboxylic acids is 2. The minimum absolute atomic E-state index is 0.0416. The van der Waals surface area contributed by atoms with Crippen molar-refractivity contribution < 1.29 is 9.59 Å². The maximum absolute atomic E-state index is 12.3. The van der Waals surface area contributed by atoms with Crippen LogP contribution in [-0.4, -0.2) is 24.4 Å². The number of hydrogen-bond acceptors (Lipinski definition) is 2. The molecule has 1 unspecified atom stereocenters. The van der Waals surface area contributed by atoms with E-state index in [0.29, 0.717) is 12.1 Å². The van der Waals surface area contributed by atoms with Crippen LogP contribution in [0.3, 0.4) is 0 Å². The molecule has 0 heterocycles. The summed E-state index contributed by atoms with van der Waals surface area (Å²) in [6.07, 6.45) is 3.19. The lowest BCUT2D eigenvalue weighted by atomic mass is 10.0. The van der Waals surface area contributed by atoms with Gasteiger partial charge in [0.15, 0.2) is 0 Å². The topological polar surface area (TPSA) is 58.2 Å². The molecule has 0 spiro atoms. The summed E-state index contributed by atoms with van der Waals surface area (Å²) in [4.78, 5) is 24.6. The lowest BCUT2D eigenvalue weighted by Gasteiger charge is -2.22. The lowest BCUT2D eigenvalue weighted by molar-refractivity contribution is -0.123. The molecule has 4 heteroatoms. The summed E-state index contributed by atoms with van der Waals surface area (Å²) in [5, 5.41) is 5.76. The van der Waals surface area contributed by atoms with Crippen LogP contribution in [0.15, 0.2) is 24.3 Å². The molecule has 0 bridgehead atoms. The van der Waals surface area contributed by atoms with Crippen LogP contribution in [0.4, 0.5) is 0 Å². The molecule has 1 aromatic rings. The van der Waals surface area contributed by atoms with Crippen LogP contribution in [-0.2, 0) is 4.79 Å². The Morgan fingerprint density at radius 2 is 1.91 bits per heavy atom. The monoisotopic (exact) mass is 304 g/mol. The largest absolute Gasteiger partial charge is 0.354 e. The van der Waals surface area contributed by atoms with Gasteiger partial charge in [0.2, 0.25) is 5.91 Å². The molecule has 1 rings (SSSR count). The molecule has 1 atom stereocenters. The van der Waals surface area contributed by atoms with Gasteiger partial charge in [-0.05, 0) is 31.4 Å². The standard InChI is InChI=1S/C18H28N2O2/c1-5-6-7-11-19-18(22)16(13(2)3)20-17(21)15-10-8-9-14(4)12-15/h8-10,12-13,16H,5-7,11H2,1-4H3,(H,19,22)(H,20,21). The van der Waals surface area contributed by atoms with Gasteiger partial charge in [0, 0.05) is 12.1 Å². The van der Waals surface area contributed by atoms with E-state index in [1.807, 2.05) is 39.0 Å². The molecule has 0 fully saturated rings. The summed E-state index contributed by atoms with van der Waals surface area (Å²) in [6, 6.07) is 6.87. The summed E-state index contributed by atoms with van der Waals surface area (Å²) in [5.74, 6) is -0.266. The smallest absolute Gasteiger partial charge is 0.251 e. The highest BCUT2D eigenvalue weighted by atomic mass is 16.2. The number of rotatable bonds is 8. The van der Waals surface area contributed by atoms with E-state index in [9.17, 15) is 9.59 Å². The van der Waals surface area contributed by atoms with Crippen molar-refractivity contribution in [2.45, 2.75) is 53.0 Å². The molecule has 1 aromatic carbocycles. The molecular weight excluding hydrogens is 276 g/mol. The number of unbranched alkanes of at least 4 members (excludes halogenated alkanes) is 2. The first kappa shape index (κ1) is 18.2. The molecule has 22 heavy (non-hydrogen) atoms. The maximum Gasteiger partial charge on any atom is 0.251 e.